The highest BCUT2D eigenvalue weighted by atomic mass is 16.5. The normalized spacial score (nSPS) is 17.6. The van der Waals surface area contributed by atoms with Crippen molar-refractivity contribution >= 4 is 5.97 Å². The maximum atomic E-state index is 11.5. The number of nitrogens with zero attached hydrogens (tertiary/aromatic N) is 1. The fourth-order valence-electron chi connectivity index (χ4n) is 2.62. The molecule has 0 aromatic carbocycles. The van der Waals surface area contributed by atoms with Gasteiger partial charge in [0.1, 0.15) is 0 Å². The van der Waals surface area contributed by atoms with E-state index in [0.29, 0.717) is 24.4 Å². The number of furan rings is 1. The molecule has 0 spiro atoms. The molecule has 0 unspecified atom stereocenters. The topological polar surface area (TPSA) is 54.7 Å². The van der Waals surface area contributed by atoms with Crippen LogP contribution in [0.3, 0.4) is 0 Å². The van der Waals surface area contributed by atoms with E-state index in [1.807, 2.05) is 6.07 Å². The first-order valence-electron chi connectivity index (χ1n) is 7.24. The minimum atomic E-state index is -0.415. The number of esters is 1. The summed E-state index contributed by atoms with van der Waals surface area (Å²) in [6.07, 6.45) is 3.82. The molecule has 1 aliphatic rings. The van der Waals surface area contributed by atoms with Gasteiger partial charge in [0, 0.05) is 24.2 Å². The summed E-state index contributed by atoms with van der Waals surface area (Å²) in [7, 11) is 1.36. The molecule has 2 heterocycles. The number of hydrogen-bond acceptors (Lipinski definition) is 5. The maximum absolute atomic E-state index is 11.5. The van der Waals surface area contributed by atoms with Gasteiger partial charge < -0.3 is 19.4 Å². The van der Waals surface area contributed by atoms with Crippen molar-refractivity contribution in [2.45, 2.75) is 45.3 Å². The third-order valence-electron chi connectivity index (χ3n) is 3.96. The summed E-state index contributed by atoms with van der Waals surface area (Å²) < 4.78 is 9.88. The number of likely N-dealkylation sites (tertiary alicyclic amines) is 1. The third-order valence-corrected chi connectivity index (χ3v) is 3.96. The molecule has 0 atom stereocenters. The smallest absolute Gasteiger partial charge is 0.374 e. The van der Waals surface area contributed by atoms with Gasteiger partial charge in [-0.1, -0.05) is 0 Å². The molecule has 1 aromatic heterocycles. The molecule has 0 bridgehead atoms. The second kappa shape index (κ2) is 6.90. The van der Waals surface area contributed by atoms with Crippen LogP contribution >= 0.6 is 0 Å². The molecule has 112 valence electrons. The highest BCUT2D eigenvalue weighted by molar-refractivity contribution is 5.87. The van der Waals surface area contributed by atoms with Crippen molar-refractivity contribution in [1.82, 2.24) is 10.2 Å². The van der Waals surface area contributed by atoms with Gasteiger partial charge in [0.15, 0.2) is 0 Å². The number of carbonyl (C=O) groups excluding carboxylic acids is 1. The summed E-state index contributed by atoms with van der Waals surface area (Å²) in [5.74, 6) is -0.110. The molecule has 1 fully saturated rings. The Morgan fingerprint density at radius 1 is 1.50 bits per heavy atom. The number of hydrogen-bond donors (Lipinski definition) is 1. The lowest BCUT2D eigenvalue weighted by Crippen LogP contribution is -2.44. The highest BCUT2D eigenvalue weighted by Gasteiger charge is 2.21. The Morgan fingerprint density at radius 3 is 2.80 bits per heavy atom. The number of rotatable bonds is 5. The van der Waals surface area contributed by atoms with Crippen LogP contribution in [-0.2, 0) is 11.3 Å². The van der Waals surface area contributed by atoms with E-state index < -0.39 is 5.97 Å². The Hall–Kier alpha value is -1.33. The van der Waals surface area contributed by atoms with Gasteiger partial charge >= 0.3 is 5.97 Å². The van der Waals surface area contributed by atoms with Crippen LogP contribution in [-0.4, -0.2) is 43.2 Å². The van der Waals surface area contributed by atoms with E-state index in [1.165, 1.54) is 13.4 Å². The molecule has 1 aromatic rings. The average Bonchev–Trinajstić information content (AvgIpc) is 2.93. The molecule has 0 saturated carbocycles. The van der Waals surface area contributed by atoms with Crippen molar-refractivity contribution in [2.24, 2.45) is 0 Å². The Morgan fingerprint density at radius 2 is 2.20 bits per heavy atom. The number of nitrogens with one attached hydrogen (secondary N) is 1. The number of carbonyl (C=O) groups is 1. The van der Waals surface area contributed by atoms with Crippen LogP contribution in [0.4, 0.5) is 0 Å². The molecular formula is C15H24N2O3. The van der Waals surface area contributed by atoms with Crippen LogP contribution in [0, 0.1) is 0 Å². The summed E-state index contributed by atoms with van der Waals surface area (Å²) in [5, 5.41) is 3.51. The van der Waals surface area contributed by atoms with Crippen molar-refractivity contribution in [3.8, 4) is 0 Å². The Kier molecular flexibility index (Phi) is 5.20. The van der Waals surface area contributed by atoms with E-state index >= 15 is 0 Å². The maximum Gasteiger partial charge on any atom is 0.374 e. The summed E-state index contributed by atoms with van der Waals surface area (Å²) in [5.41, 5.74) is 0.864. The van der Waals surface area contributed by atoms with Crippen LogP contribution in [0.2, 0.25) is 0 Å². The second-order valence-electron chi connectivity index (χ2n) is 5.55. The highest BCUT2D eigenvalue weighted by Crippen LogP contribution is 2.15. The quantitative estimate of drug-likeness (QED) is 0.836. The summed E-state index contributed by atoms with van der Waals surface area (Å²) in [4.78, 5) is 14.0. The zero-order chi connectivity index (χ0) is 14.5. The van der Waals surface area contributed by atoms with Crippen LogP contribution < -0.4 is 5.32 Å². The van der Waals surface area contributed by atoms with Gasteiger partial charge in [0.05, 0.1) is 13.4 Å². The van der Waals surface area contributed by atoms with Crippen molar-refractivity contribution in [1.29, 1.82) is 0 Å². The number of piperidine rings is 1. The molecule has 1 saturated heterocycles. The molecule has 0 amide bonds. The van der Waals surface area contributed by atoms with Gasteiger partial charge in [-0.2, -0.15) is 0 Å². The van der Waals surface area contributed by atoms with Gasteiger partial charge in [-0.15, -0.1) is 0 Å². The second-order valence-corrected chi connectivity index (χ2v) is 5.55. The van der Waals surface area contributed by atoms with Crippen molar-refractivity contribution in [3.63, 3.8) is 0 Å². The number of methoxy groups -OCH3 is 1. The molecular weight excluding hydrogens is 256 g/mol. The van der Waals surface area contributed by atoms with Crippen LogP contribution in [0.15, 0.2) is 16.7 Å². The Labute approximate surface area is 120 Å². The van der Waals surface area contributed by atoms with Crippen molar-refractivity contribution < 1.29 is 13.9 Å². The Bertz CT molecular complexity index is 434. The number of ether oxygens (including phenoxy) is 1. The lowest BCUT2D eigenvalue weighted by atomic mass is 10.0. The molecule has 0 aliphatic carbocycles. The first kappa shape index (κ1) is 15.1. The largest absolute Gasteiger partial charge is 0.463 e. The Balaban J connectivity index is 1.82. The van der Waals surface area contributed by atoms with E-state index in [2.05, 4.69) is 24.1 Å². The molecule has 2 rings (SSSR count). The molecule has 1 N–H and O–H groups in total. The first-order chi connectivity index (χ1) is 9.61. The minimum absolute atomic E-state index is 0.305. The molecule has 5 heteroatoms. The molecule has 0 radical (unpaired) electrons. The van der Waals surface area contributed by atoms with Crippen LogP contribution in [0.5, 0.6) is 0 Å². The first-order valence-corrected chi connectivity index (χ1v) is 7.24. The monoisotopic (exact) mass is 280 g/mol. The zero-order valence-corrected chi connectivity index (χ0v) is 12.5. The van der Waals surface area contributed by atoms with Crippen molar-refractivity contribution in [3.05, 3.63) is 23.7 Å². The fraction of sp³-hybridized carbons (Fsp3) is 0.667. The van der Waals surface area contributed by atoms with E-state index in [0.717, 1.165) is 31.5 Å². The van der Waals surface area contributed by atoms with Gasteiger partial charge in [0.25, 0.3) is 0 Å². The summed E-state index contributed by atoms with van der Waals surface area (Å²) in [6, 6.07) is 2.95. The van der Waals surface area contributed by atoms with E-state index in [9.17, 15) is 4.79 Å². The predicted molar refractivity (Wildman–Crippen MR) is 76.6 cm³/mol. The molecule has 1 aliphatic heterocycles. The van der Waals surface area contributed by atoms with Gasteiger partial charge in [-0.05, 0) is 45.8 Å². The van der Waals surface area contributed by atoms with Gasteiger partial charge in [0.2, 0.25) is 5.76 Å². The molecule has 20 heavy (non-hydrogen) atoms. The summed E-state index contributed by atoms with van der Waals surface area (Å²) in [6.45, 7) is 7.38. The third kappa shape index (κ3) is 3.61. The van der Waals surface area contributed by atoms with Gasteiger partial charge in [-0.3, -0.25) is 0 Å². The predicted octanol–water partition coefficient (Wildman–Crippen LogP) is 2.03. The van der Waals surface area contributed by atoms with Gasteiger partial charge in [-0.25, -0.2) is 4.79 Å². The fourth-order valence-corrected chi connectivity index (χ4v) is 2.62. The zero-order valence-electron chi connectivity index (χ0n) is 12.5. The summed E-state index contributed by atoms with van der Waals surface area (Å²) >= 11 is 0. The van der Waals surface area contributed by atoms with E-state index in [1.54, 1.807) is 0 Å². The average molecular weight is 280 g/mol. The van der Waals surface area contributed by atoms with E-state index in [4.69, 9.17) is 9.15 Å². The standard InChI is InChI=1S/C15H24N2O3/c1-11(2)17-7-4-13(5-8-17)16-10-12-6-9-20-14(12)15(18)19-3/h6,9,11,13,16H,4-5,7-8,10H2,1-3H3. The SMILES string of the molecule is COC(=O)c1occc1CNC1CCN(C(C)C)CC1. The lowest BCUT2D eigenvalue weighted by Gasteiger charge is -2.35. The minimum Gasteiger partial charge on any atom is -0.463 e. The van der Waals surface area contributed by atoms with Crippen LogP contribution in [0.1, 0.15) is 42.8 Å². The molecule has 5 nitrogen and oxygen atoms in total. The van der Waals surface area contributed by atoms with Crippen LogP contribution in [0.25, 0.3) is 0 Å². The van der Waals surface area contributed by atoms with Crippen molar-refractivity contribution in [2.75, 3.05) is 20.2 Å². The lowest BCUT2D eigenvalue weighted by molar-refractivity contribution is 0.0563. The van der Waals surface area contributed by atoms with E-state index in [-0.39, 0.29) is 0 Å².